The predicted molar refractivity (Wildman–Crippen MR) is 115 cm³/mol. The van der Waals surface area contributed by atoms with Crippen molar-refractivity contribution in [3.05, 3.63) is 71.3 Å². The van der Waals surface area contributed by atoms with Crippen LogP contribution in [0.4, 0.5) is 0 Å². The Morgan fingerprint density at radius 2 is 1.67 bits per heavy atom. The number of rotatable bonds is 7. The third kappa shape index (κ3) is 6.08. The van der Waals surface area contributed by atoms with E-state index in [0.29, 0.717) is 0 Å². The van der Waals surface area contributed by atoms with Crippen molar-refractivity contribution in [3.63, 3.8) is 0 Å². The van der Waals surface area contributed by atoms with Crippen molar-refractivity contribution in [1.29, 1.82) is 0 Å². The van der Waals surface area contributed by atoms with E-state index in [1.165, 1.54) is 17.5 Å². The number of carbonyl (C=O) groups excluding carboxylic acids is 1. The Bertz CT molecular complexity index is 697. The zero-order valence-electron chi connectivity index (χ0n) is 16.2. The molecule has 146 valence electrons. The van der Waals surface area contributed by atoms with Crippen LogP contribution in [0.2, 0.25) is 0 Å². The number of aryl methyl sites for hydroxylation is 2. The van der Waals surface area contributed by atoms with Crippen LogP contribution in [0.1, 0.15) is 40.7 Å². The van der Waals surface area contributed by atoms with Crippen LogP contribution in [0.3, 0.4) is 0 Å². The minimum Gasteiger partial charge on any atom is -0.339 e. The van der Waals surface area contributed by atoms with Crippen LogP contribution in [0.25, 0.3) is 0 Å². The topological polar surface area (TPSA) is 32.3 Å². The van der Waals surface area contributed by atoms with E-state index in [0.717, 1.165) is 56.8 Å². The van der Waals surface area contributed by atoms with Crippen LogP contribution in [0.15, 0.2) is 54.6 Å². The lowest BCUT2D eigenvalue weighted by atomic mass is 9.92. The highest BCUT2D eigenvalue weighted by Crippen LogP contribution is 2.23. The molecule has 27 heavy (non-hydrogen) atoms. The van der Waals surface area contributed by atoms with Crippen LogP contribution >= 0.6 is 12.4 Å². The molecule has 4 heteroatoms. The summed E-state index contributed by atoms with van der Waals surface area (Å²) < 4.78 is 0. The van der Waals surface area contributed by atoms with Crippen LogP contribution in [-0.2, 0) is 12.8 Å². The molecular formula is C23H31ClN2O. The third-order valence-corrected chi connectivity index (χ3v) is 5.48. The molecule has 0 aliphatic carbocycles. The lowest BCUT2D eigenvalue weighted by Crippen LogP contribution is -2.39. The first-order chi connectivity index (χ1) is 12.8. The summed E-state index contributed by atoms with van der Waals surface area (Å²) in [6.07, 6.45) is 5.34. The zero-order valence-corrected chi connectivity index (χ0v) is 17.0. The van der Waals surface area contributed by atoms with Gasteiger partial charge in [-0.3, -0.25) is 4.79 Å². The van der Waals surface area contributed by atoms with Gasteiger partial charge < -0.3 is 10.2 Å². The summed E-state index contributed by atoms with van der Waals surface area (Å²) >= 11 is 0. The molecule has 0 spiro atoms. The van der Waals surface area contributed by atoms with Crippen molar-refractivity contribution < 1.29 is 4.79 Å². The van der Waals surface area contributed by atoms with Gasteiger partial charge in [-0.25, -0.2) is 0 Å². The van der Waals surface area contributed by atoms with E-state index >= 15 is 0 Å². The summed E-state index contributed by atoms with van der Waals surface area (Å²) in [7, 11) is 2.00. The first-order valence-corrected chi connectivity index (χ1v) is 9.83. The molecule has 1 N–H and O–H groups in total. The van der Waals surface area contributed by atoms with E-state index in [1.54, 1.807) is 0 Å². The molecule has 3 nitrogen and oxygen atoms in total. The second-order valence-electron chi connectivity index (χ2n) is 7.27. The molecule has 0 atom stereocenters. The maximum Gasteiger partial charge on any atom is 0.254 e. The quantitative estimate of drug-likeness (QED) is 0.766. The van der Waals surface area contributed by atoms with E-state index in [-0.39, 0.29) is 18.3 Å². The Balaban J connectivity index is 0.00000261. The minimum atomic E-state index is 0. The number of nitrogens with zero attached hydrogens (tertiary/aromatic N) is 1. The third-order valence-electron chi connectivity index (χ3n) is 5.48. The highest BCUT2D eigenvalue weighted by atomic mass is 35.5. The summed E-state index contributed by atoms with van der Waals surface area (Å²) in [6, 6.07) is 18.6. The van der Waals surface area contributed by atoms with Crippen molar-refractivity contribution >= 4 is 18.3 Å². The van der Waals surface area contributed by atoms with Crippen molar-refractivity contribution in [2.24, 2.45) is 5.92 Å². The molecule has 0 bridgehead atoms. The van der Waals surface area contributed by atoms with E-state index in [1.807, 2.05) is 31.3 Å². The summed E-state index contributed by atoms with van der Waals surface area (Å²) in [5.74, 6) is 0.959. The molecule has 1 heterocycles. The Morgan fingerprint density at radius 3 is 2.37 bits per heavy atom. The number of benzene rings is 2. The fraction of sp³-hybridized carbons (Fsp3) is 0.435. The molecule has 3 rings (SSSR count). The van der Waals surface area contributed by atoms with Gasteiger partial charge >= 0.3 is 0 Å². The average molecular weight is 387 g/mol. The van der Waals surface area contributed by atoms with Gasteiger partial charge in [-0.05, 0) is 68.8 Å². The molecule has 0 aromatic heterocycles. The van der Waals surface area contributed by atoms with Gasteiger partial charge in [-0.1, -0.05) is 48.5 Å². The molecule has 1 fully saturated rings. The number of likely N-dealkylation sites (tertiary alicyclic amines) is 1. The molecule has 0 radical (unpaired) electrons. The SMILES string of the molecule is CNCCC1CCN(C(=O)c2ccccc2CCc2ccccc2)CC1.Cl. The van der Waals surface area contributed by atoms with E-state index in [4.69, 9.17) is 0 Å². The monoisotopic (exact) mass is 386 g/mol. The van der Waals surface area contributed by atoms with Crippen molar-refractivity contribution in [2.45, 2.75) is 32.1 Å². The number of nitrogens with one attached hydrogen (secondary N) is 1. The standard InChI is InChI=1S/C23H30N2O.ClH/c1-24-16-13-20-14-17-25(18-15-20)23(26)22-10-6-5-9-21(22)12-11-19-7-3-2-4-8-19;/h2-10,20,24H,11-18H2,1H3;1H. The number of amides is 1. The van der Waals surface area contributed by atoms with Gasteiger partial charge in [-0.15, -0.1) is 12.4 Å². The van der Waals surface area contributed by atoms with Gasteiger partial charge in [0.2, 0.25) is 0 Å². The minimum absolute atomic E-state index is 0. The molecule has 2 aromatic rings. The molecule has 0 saturated carbocycles. The Hall–Kier alpha value is -1.84. The normalized spacial score (nSPS) is 14.6. The van der Waals surface area contributed by atoms with Crippen molar-refractivity contribution in [2.75, 3.05) is 26.7 Å². The molecule has 2 aromatic carbocycles. The van der Waals surface area contributed by atoms with Crippen molar-refractivity contribution in [3.8, 4) is 0 Å². The molecule has 1 amide bonds. The van der Waals surface area contributed by atoms with Gasteiger partial charge in [0.05, 0.1) is 0 Å². The first kappa shape index (κ1) is 21.5. The van der Waals surface area contributed by atoms with Crippen LogP contribution < -0.4 is 5.32 Å². The summed E-state index contributed by atoms with van der Waals surface area (Å²) in [4.78, 5) is 15.1. The van der Waals surface area contributed by atoms with E-state index < -0.39 is 0 Å². The second-order valence-corrected chi connectivity index (χ2v) is 7.27. The summed E-state index contributed by atoms with van der Waals surface area (Å²) in [6.45, 7) is 2.85. The van der Waals surface area contributed by atoms with Gasteiger partial charge in [0.1, 0.15) is 0 Å². The maximum atomic E-state index is 13.1. The fourth-order valence-electron chi connectivity index (χ4n) is 3.81. The number of piperidine rings is 1. The van der Waals surface area contributed by atoms with Crippen LogP contribution in [0.5, 0.6) is 0 Å². The average Bonchev–Trinajstić information content (AvgIpc) is 2.71. The summed E-state index contributed by atoms with van der Waals surface area (Å²) in [5.41, 5.74) is 3.37. The summed E-state index contributed by atoms with van der Waals surface area (Å²) in [5, 5.41) is 3.23. The number of carbonyl (C=O) groups is 1. The smallest absolute Gasteiger partial charge is 0.254 e. The predicted octanol–water partition coefficient (Wildman–Crippen LogP) is 4.36. The van der Waals surface area contributed by atoms with E-state index in [2.05, 4.69) is 40.5 Å². The number of halogens is 1. The van der Waals surface area contributed by atoms with Gasteiger partial charge in [-0.2, -0.15) is 0 Å². The number of hydrogen-bond donors (Lipinski definition) is 1. The Kier molecular flexibility index (Phi) is 8.83. The molecule has 1 saturated heterocycles. The molecule has 0 unspecified atom stereocenters. The molecule has 1 aliphatic rings. The first-order valence-electron chi connectivity index (χ1n) is 9.83. The van der Waals surface area contributed by atoms with Crippen LogP contribution in [-0.4, -0.2) is 37.5 Å². The highest BCUT2D eigenvalue weighted by Gasteiger charge is 2.24. The largest absolute Gasteiger partial charge is 0.339 e. The highest BCUT2D eigenvalue weighted by molar-refractivity contribution is 5.95. The number of hydrogen-bond acceptors (Lipinski definition) is 2. The fourth-order valence-corrected chi connectivity index (χ4v) is 3.81. The van der Waals surface area contributed by atoms with Crippen LogP contribution in [0, 0.1) is 5.92 Å². The Morgan fingerprint density at radius 1 is 1.00 bits per heavy atom. The Labute approximate surface area is 169 Å². The molecule has 1 aliphatic heterocycles. The van der Waals surface area contributed by atoms with Gasteiger partial charge in [0.15, 0.2) is 0 Å². The van der Waals surface area contributed by atoms with Crippen molar-refractivity contribution in [1.82, 2.24) is 10.2 Å². The van der Waals surface area contributed by atoms with Gasteiger partial charge in [0.25, 0.3) is 5.91 Å². The lowest BCUT2D eigenvalue weighted by molar-refractivity contribution is 0.0686. The van der Waals surface area contributed by atoms with E-state index in [9.17, 15) is 4.79 Å². The molecular weight excluding hydrogens is 356 g/mol. The zero-order chi connectivity index (χ0) is 18.2. The lowest BCUT2D eigenvalue weighted by Gasteiger charge is -2.32. The maximum absolute atomic E-state index is 13.1. The second kappa shape index (κ2) is 11.1. The van der Waals surface area contributed by atoms with Gasteiger partial charge in [0, 0.05) is 18.7 Å².